The highest BCUT2D eigenvalue weighted by molar-refractivity contribution is 5.80. The van der Waals surface area contributed by atoms with Crippen LogP contribution in [0.2, 0.25) is 0 Å². The topological polar surface area (TPSA) is 51.2 Å². The van der Waals surface area contributed by atoms with Crippen LogP contribution >= 0.6 is 0 Å². The van der Waals surface area contributed by atoms with Crippen molar-refractivity contribution >= 4 is 5.91 Å². The first-order valence-corrected chi connectivity index (χ1v) is 7.82. The van der Waals surface area contributed by atoms with Gasteiger partial charge in [0.1, 0.15) is 5.75 Å². The van der Waals surface area contributed by atoms with E-state index in [1.165, 1.54) is 0 Å². The molecule has 0 bridgehead atoms. The lowest BCUT2D eigenvalue weighted by atomic mass is 10.1. The van der Waals surface area contributed by atoms with Gasteiger partial charge in [-0.1, -0.05) is 0 Å². The summed E-state index contributed by atoms with van der Waals surface area (Å²) in [5.41, 5.74) is 0.970. The number of ether oxygens (including phenoxy) is 3. The van der Waals surface area contributed by atoms with Crippen LogP contribution in [-0.2, 0) is 11.3 Å². The molecule has 0 saturated heterocycles. The lowest BCUT2D eigenvalue weighted by molar-refractivity contribution is -0.133. The fourth-order valence-electron chi connectivity index (χ4n) is 2.51. The fraction of sp³-hybridized carbons (Fsp3) is 0.588. The van der Waals surface area contributed by atoms with Crippen LogP contribution in [0, 0.1) is 0 Å². The molecule has 0 saturated carbocycles. The van der Waals surface area contributed by atoms with E-state index in [0.717, 1.165) is 23.5 Å². The lowest BCUT2D eigenvalue weighted by Crippen LogP contribution is -2.42. The Kier molecular flexibility index (Phi) is 5.71. The summed E-state index contributed by atoms with van der Waals surface area (Å²) in [5.74, 6) is 2.26. The molecule has 1 atom stereocenters. The first-order valence-electron chi connectivity index (χ1n) is 7.82. The molecule has 1 aliphatic rings. The van der Waals surface area contributed by atoms with Crippen LogP contribution in [0.25, 0.3) is 0 Å². The predicted molar refractivity (Wildman–Crippen MR) is 88.2 cm³/mol. The summed E-state index contributed by atoms with van der Waals surface area (Å²) < 4.78 is 16.9. The average Bonchev–Trinajstić information content (AvgIpc) is 2.77. The maximum absolute atomic E-state index is 12.1. The second-order valence-electron chi connectivity index (χ2n) is 5.99. The minimum atomic E-state index is -0.217. The molecular formula is C17H26N2O4. The van der Waals surface area contributed by atoms with E-state index in [2.05, 4.69) is 0 Å². The molecule has 0 N–H and O–H groups in total. The van der Waals surface area contributed by atoms with Crippen molar-refractivity contribution in [3.05, 3.63) is 17.7 Å². The third-order valence-corrected chi connectivity index (χ3v) is 4.03. The number of amides is 1. The van der Waals surface area contributed by atoms with Crippen molar-refractivity contribution in [3.63, 3.8) is 0 Å². The van der Waals surface area contributed by atoms with Crippen LogP contribution in [0.4, 0.5) is 0 Å². The average molecular weight is 322 g/mol. The van der Waals surface area contributed by atoms with E-state index in [9.17, 15) is 4.79 Å². The molecule has 0 radical (unpaired) electrons. The summed E-state index contributed by atoms with van der Waals surface area (Å²) in [6, 6.07) is 3.59. The number of likely N-dealkylation sites (N-methyl/N-ethyl adjacent to an activating group) is 2. The first-order chi connectivity index (χ1) is 10.9. The van der Waals surface area contributed by atoms with E-state index in [1.807, 2.05) is 31.0 Å². The highest BCUT2D eigenvalue weighted by Crippen LogP contribution is 2.37. The second-order valence-corrected chi connectivity index (χ2v) is 5.99. The van der Waals surface area contributed by atoms with Gasteiger partial charge >= 0.3 is 0 Å². The number of benzene rings is 1. The first kappa shape index (κ1) is 17.4. The number of hydrogen-bond donors (Lipinski definition) is 0. The molecule has 6 nitrogen and oxygen atoms in total. The number of fused-ring (bicyclic) bond motifs is 1. The minimum absolute atomic E-state index is 0.0702. The van der Waals surface area contributed by atoms with Gasteiger partial charge in [-0.25, -0.2) is 0 Å². The molecule has 1 aromatic carbocycles. The molecule has 1 aromatic rings. The van der Waals surface area contributed by atoms with E-state index in [0.29, 0.717) is 25.5 Å². The fourth-order valence-corrected chi connectivity index (χ4v) is 2.51. The molecule has 1 amide bonds. The van der Waals surface area contributed by atoms with Gasteiger partial charge in [0.25, 0.3) is 0 Å². The Balaban J connectivity index is 2.21. The van der Waals surface area contributed by atoms with Gasteiger partial charge in [0, 0.05) is 38.7 Å². The third kappa shape index (κ3) is 4.07. The number of carbonyl (C=O) groups is 1. The molecule has 0 spiro atoms. The zero-order valence-electron chi connectivity index (χ0n) is 14.6. The number of rotatable bonds is 5. The number of hydrogen-bond acceptors (Lipinski definition) is 5. The number of carbonyl (C=O) groups excluding carboxylic acids is 1. The zero-order chi connectivity index (χ0) is 17.0. The SMILES string of the molecule is COc1cc2c(cc1CN(C)[C@H](C)C(=O)N(C)C)OCCCO2. The molecule has 128 valence electrons. The monoisotopic (exact) mass is 322 g/mol. The van der Waals surface area contributed by atoms with Crippen molar-refractivity contribution < 1.29 is 19.0 Å². The molecule has 1 heterocycles. The van der Waals surface area contributed by atoms with Crippen molar-refractivity contribution in [1.29, 1.82) is 0 Å². The normalized spacial score (nSPS) is 15.0. The van der Waals surface area contributed by atoms with Gasteiger partial charge in [0.05, 0.1) is 26.4 Å². The summed E-state index contributed by atoms with van der Waals surface area (Å²) in [4.78, 5) is 15.7. The van der Waals surface area contributed by atoms with Crippen molar-refractivity contribution in [2.75, 3.05) is 41.5 Å². The van der Waals surface area contributed by atoms with Crippen LogP contribution in [0.15, 0.2) is 12.1 Å². The van der Waals surface area contributed by atoms with Crippen LogP contribution in [-0.4, -0.2) is 63.2 Å². The summed E-state index contributed by atoms with van der Waals surface area (Å²) >= 11 is 0. The largest absolute Gasteiger partial charge is 0.496 e. The minimum Gasteiger partial charge on any atom is -0.496 e. The molecule has 2 rings (SSSR count). The van der Waals surface area contributed by atoms with Crippen molar-refractivity contribution in [3.8, 4) is 17.2 Å². The van der Waals surface area contributed by atoms with Gasteiger partial charge in [-0.15, -0.1) is 0 Å². The van der Waals surface area contributed by atoms with Crippen LogP contribution < -0.4 is 14.2 Å². The Morgan fingerprint density at radius 3 is 2.39 bits per heavy atom. The summed E-state index contributed by atoms with van der Waals surface area (Å²) in [6.07, 6.45) is 0.862. The van der Waals surface area contributed by atoms with Gasteiger partial charge < -0.3 is 19.1 Å². The van der Waals surface area contributed by atoms with Crippen LogP contribution in [0.5, 0.6) is 17.2 Å². The summed E-state index contributed by atoms with van der Waals surface area (Å²) in [6.45, 7) is 3.77. The zero-order valence-corrected chi connectivity index (χ0v) is 14.6. The number of nitrogens with zero attached hydrogens (tertiary/aromatic N) is 2. The predicted octanol–water partition coefficient (Wildman–Crippen LogP) is 1.76. The van der Waals surface area contributed by atoms with Gasteiger partial charge in [0.15, 0.2) is 11.5 Å². The van der Waals surface area contributed by atoms with E-state index >= 15 is 0 Å². The second kappa shape index (κ2) is 7.55. The maximum atomic E-state index is 12.1. The highest BCUT2D eigenvalue weighted by atomic mass is 16.5. The Labute approximate surface area is 137 Å². The molecule has 0 aromatic heterocycles. The quantitative estimate of drug-likeness (QED) is 0.827. The molecule has 1 aliphatic heterocycles. The Morgan fingerprint density at radius 2 is 1.83 bits per heavy atom. The van der Waals surface area contributed by atoms with E-state index in [1.54, 1.807) is 26.1 Å². The van der Waals surface area contributed by atoms with Crippen molar-refractivity contribution in [2.24, 2.45) is 0 Å². The van der Waals surface area contributed by atoms with Gasteiger partial charge in [-0.3, -0.25) is 9.69 Å². The standard InChI is InChI=1S/C17H26N2O4/c1-12(17(20)18(2)3)19(4)11-13-9-15-16(10-14(13)21-5)23-8-6-7-22-15/h9-10,12H,6-8,11H2,1-5H3/t12-/m1/s1. The molecule has 0 unspecified atom stereocenters. The van der Waals surface area contributed by atoms with E-state index in [4.69, 9.17) is 14.2 Å². The van der Waals surface area contributed by atoms with Gasteiger partial charge in [-0.2, -0.15) is 0 Å². The molecule has 6 heteroatoms. The number of methoxy groups -OCH3 is 1. The molecule has 23 heavy (non-hydrogen) atoms. The van der Waals surface area contributed by atoms with Crippen molar-refractivity contribution in [1.82, 2.24) is 9.80 Å². The van der Waals surface area contributed by atoms with E-state index in [-0.39, 0.29) is 11.9 Å². The Bertz CT molecular complexity index is 560. The smallest absolute Gasteiger partial charge is 0.239 e. The van der Waals surface area contributed by atoms with Gasteiger partial charge in [-0.05, 0) is 20.0 Å². The van der Waals surface area contributed by atoms with E-state index < -0.39 is 0 Å². The van der Waals surface area contributed by atoms with Gasteiger partial charge in [0.2, 0.25) is 5.91 Å². The van der Waals surface area contributed by atoms with Crippen molar-refractivity contribution in [2.45, 2.75) is 25.9 Å². The molecular weight excluding hydrogens is 296 g/mol. The summed E-state index contributed by atoms with van der Waals surface area (Å²) in [5, 5.41) is 0. The Morgan fingerprint density at radius 1 is 1.22 bits per heavy atom. The van der Waals surface area contributed by atoms with Crippen LogP contribution in [0.3, 0.4) is 0 Å². The Hall–Kier alpha value is -1.95. The summed E-state index contributed by atoms with van der Waals surface area (Å²) in [7, 11) is 7.09. The molecule has 0 aliphatic carbocycles. The third-order valence-electron chi connectivity index (χ3n) is 4.03. The molecule has 0 fully saturated rings. The maximum Gasteiger partial charge on any atom is 0.239 e. The highest BCUT2D eigenvalue weighted by Gasteiger charge is 2.22. The lowest BCUT2D eigenvalue weighted by Gasteiger charge is -2.27. The van der Waals surface area contributed by atoms with Crippen LogP contribution in [0.1, 0.15) is 18.9 Å².